The van der Waals surface area contributed by atoms with Gasteiger partial charge in [-0.25, -0.2) is 9.67 Å². The summed E-state index contributed by atoms with van der Waals surface area (Å²) >= 11 is 0. The molecule has 8 rings (SSSR count). The van der Waals surface area contributed by atoms with Crippen LogP contribution in [0.1, 0.15) is 22.4 Å². The highest BCUT2D eigenvalue weighted by Gasteiger charge is 2.47. The van der Waals surface area contributed by atoms with Crippen LogP contribution in [-0.4, -0.2) is 19.7 Å². The number of nitrogens with zero attached hydrogens (tertiary/aromatic N) is 5. The molecule has 0 spiro atoms. The van der Waals surface area contributed by atoms with E-state index in [1.165, 1.54) is 6.33 Å². The van der Waals surface area contributed by atoms with E-state index in [9.17, 15) is 0 Å². The first-order valence-corrected chi connectivity index (χ1v) is 14.5. The third-order valence-corrected chi connectivity index (χ3v) is 8.17. The number of anilines is 3. The Morgan fingerprint density at radius 3 is 1.93 bits per heavy atom. The van der Waals surface area contributed by atoms with Crippen LogP contribution >= 0.6 is 0 Å². The number of fused-ring (bicyclic) bond motifs is 2. The zero-order valence-electron chi connectivity index (χ0n) is 23.7. The van der Waals surface area contributed by atoms with Gasteiger partial charge in [0, 0.05) is 18.0 Å². The molecule has 5 aromatic carbocycles. The van der Waals surface area contributed by atoms with Crippen LogP contribution in [0.25, 0.3) is 5.69 Å². The molecule has 1 aliphatic heterocycles. The predicted molar refractivity (Wildman–Crippen MR) is 172 cm³/mol. The van der Waals surface area contributed by atoms with Crippen LogP contribution in [0, 0.1) is 0 Å². The third kappa shape index (κ3) is 4.15. The minimum absolute atomic E-state index is 0.707. The second kappa shape index (κ2) is 10.7. The number of aromatic nitrogens is 4. The molecule has 0 N–H and O–H groups in total. The van der Waals surface area contributed by atoms with Gasteiger partial charge < -0.3 is 9.64 Å². The molecule has 0 radical (unpaired) electrons. The molecular weight excluding hydrogens is 542 g/mol. The second-order valence-electron chi connectivity index (χ2n) is 10.6. The van der Waals surface area contributed by atoms with Gasteiger partial charge in [0.1, 0.15) is 24.2 Å². The zero-order chi connectivity index (χ0) is 29.3. The van der Waals surface area contributed by atoms with Gasteiger partial charge in [0.25, 0.3) is 0 Å². The van der Waals surface area contributed by atoms with Gasteiger partial charge in [-0.2, -0.15) is 5.10 Å². The van der Waals surface area contributed by atoms with Gasteiger partial charge in [-0.05, 0) is 77.4 Å². The number of ether oxygens (including phenoxy) is 1. The van der Waals surface area contributed by atoms with Crippen molar-refractivity contribution < 1.29 is 4.74 Å². The van der Waals surface area contributed by atoms with Crippen molar-refractivity contribution in [3.05, 3.63) is 187 Å². The van der Waals surface area contributed by atoms with E-state index >= 15 is 0 Å². The Balaban J connectivity index is 1.34. The Morgan fingerprint density at radius 2 is 1.23 bits per heavy atom. The summed E-state index contributed by atoms with van der Waals surface area (Å²) in [6.07, 6.45) is 5.07. The van der Waals surface area contributed by atoms with Crippen LogP contribution < -0.4 is 9.64 Å². The van der Waals surface area contributed by atoms with Crippen molar-refractivity contribution in [3.63, 3.8) is 0 Å². The first-order chi connectivity index (χ1) is 21.8. The molecule has 0 fully saturated rings. The Kier molecular flexibility index (Phi) is 6.23. The summed E-state index contributed by atoms with van der Waals surface area (Å²) in [6.45, 7) is 0. The van der Waals surface area contributed by atoms with Crippen molar-refractivity contribution in [2.24, 2.45) is 0 Å². The number of para-hydroxylation sites is 3. The van der Waals surface area contributed by atoms with Gasteiger partial charge in [0.05, 0.1) is 28.2 Å². The number of pyridine rings is 1. The van der Waals surface area contributed by atoms with Crippen LogP contribution in [0.2, 0.25) is 0 Å². The number of hydrogen-bond acceptors (Lipinski definition) is 5. The summed E-state index contributed by atoms with van der Waals surface area (Å²) in [7, 11) is 0. The van der Waals surface area contributed by atoms with E-state index < -0.39 is 5.41 Å². The van der Waals surface area contributed by atoms with Gasteiger partial charge in [0.15, 0.2) is 0 Å². The highest BCUT2D eigenvalue weighted by molar-refractivity contribution is 5.89. The van der Waals surface area contributed by atoms with Gasteiger partial charge in [-0.15, -0.1) is 0 Å². The molecule has 0 saturated carbocycles. The van der Waals surface area contributed by atoms with E-state index in [-0.39, 0.29) is 0 Å². The quantitative estimate of drug-likeness (QED) is 0.201. The maximum atomic E-state index is 6.50. The zero-order valence-corrected chi connectivity index (χ0v) is 23.7. The normalized spacial score (nSPS) is 13.1. The van der Waals surface area contributed by atoms with Crippen molar-refractivity contribution in [2.75, 3.05) is 4.90 Å². The molecule has 2 aromatic heterocycles. The van der Waals surface area contributed by atoms with E-state index in [0.29, 0.717) is 5.75 Å². The average Bonchev–Trinajstić information content (AvgIpc) is 3.64. The summed E-state index contributed by atoms with van der Waals surface area (Å²) in [6, 6.07) is 50.2. The Morgan fingerprint density at radius 1 is 0.568 bits per heavy atom. The standard InChI is InChI=1S/C38H27N5O/c1-2-13-29(14-3-1)43-35-20-6-4-18-33(35)38(37-22-8-9-23-40-37,34-19-5-7-21-36(34)43)28-12-10-16-31(24-28)44-32-17-11-15-30(25-32)42-27-39-26-41-42/h1-27H. The lowest BCUT2D eigenvalue weighted by atomic mass is 9.64. The molecule has 0 unspecified atom stereocenters. The maximum absolute atomic E-state index is 6.50. The van der Waals surface area contributed by atoms with Crippen LogP contribution in [0.15, 0.2) is 164 Å². The van der Waals surface area contributed by atoms with Crippen molar-refractivity contribution >= 4 is 17.1 Å². The number of rotatable bonds is 6. The molecule has 0 bridgehead atoms. The molecule has 210 valence electrons. The van der Waals surface area contributed by atoms with E-state index in [2.05, 4.69) is 124 Å². The van der Waals surface area contributed by atoms with Crippen LogP contribution in [0.5, 0.6) is 11.5 Å². The molecule has 0 atom stereocenters. The predicted octanol–water partition coefficient (Wildman–Crippen LogP) is 8.62. The van der Waals surface area contributed by atoms with Crippen LogP contribution in [0.3, 0.4) is 0 Å². The van der Waals surface area contributed by atoms with Crippen molar-refractivity contribution in [1.82, 2.24) is 19.7 Å². The summed E-state index contributed by atoms with van der Waals surface area (Å²) in [5.74, 6) is 1.44. The van der Waals surface area contributed by atoms with E-state index in [1.807, 2.05) is 42.6 Å². The lowest BCUT2D eigenvalue weighted by molar-refractivity contribution is 0.480. The number of hydrogen-bond donors (Lipinski definition) is 0. The number of benzene rings is 5. The Hall–Kier alpha value is -6.01. The van der Waals surface area contributed by atoms with E-state index in [0.717, 1.165) is 50.9 Å². The van der Waals surface area contributed by atoms with Crippen molar-refractivity contribution in [1.29, 1.82) is 0 Å². The fraction of sp³-hybridized carbons (Fsp3) is 0.0263. The highest BCUT2D eigenvalue weighted by Crippen LogP contribution is 2.57. The largest absolute Gasteiger partial charge is 0.457 e. The fourth-order valence-corrected chi connectivity index (χ4v) is 6.38. The van der Waals surface area contributed by atoms with E-state index in [4.69, 9.17) is 9.72 Å². The van der Waals surface area contributed by atoms with Crippen LogP contribution in [-0.2, 0) is 5.41 Å². The minimum atomic E-state index is -0.707. The molecule has 0 saturated heterocycles. The highest BCUT2D eigenvalue weighted by atomic mass is 16.5. The maximum Gasteiger partial charge on any atom is 0.138 e. The van der Waals surface area contributed by atoms with Crippen molar-refractivity contribution in [3.8, 4) is 17.2 Å². The van der Waals surface area contributed by atoms with Gasteiger partial charge in [0.2, 0.25) is 0 Å². The Bertz CT molecular complexity index is 2010. The van der Waals surface area contributed by atoms with Crippen LogP contribution in [0.4, 0.5) is 17.1 Å². The fourth-order valence-electron chi connectivity index (χ4n) is 6.38. The van der Waals surface area contributed by atoms with Gasteiger partial charge >= 0.3 is 0 Å². The first-order valence-electron chi connectivity index (χ1n) is 14.5. The molecule has 44 heavy (non-hydrogen) atoms. The van der Waals surface area contributed by atoms with E-state index in [1.54, 1.807) is 11.0 Å². The minimum Gasteiger partial charge on any atom is -0.457 e. The van der Waals surface area contributed by atoms with Gasteiger partial charge in [-0.1, -0.05) is 78.9 Å². The van der Waals surface area contributed by atoms with Crippen molar-refractivity contribution in [2.45, 2.75) is 5.41 Å². The third-order valence-electron chi connectivity index (χ3n) is 8.17. The summed E-state index contributed by atoms with van der Waals surface area (Å²) in [4.78, 5) is 11.4. The summed E-state index contributed by atoms with van der Waals surface area (Å²) in [5, 5.41) is 4.26. The molecular formula is C38H27N5O. The lowest BCUT2D eigenvalue weighted by Crippen LogP contribution is -2.38. The SMILES string of the molecule is c1ccc(N2c3ccccc3C(c3cccc(Oc4cccc(-n5cncn5)c4)c3)(c3ccccn3)c3ccccc32)cc1. The summed E-state index contributed by atoms with van der Waals surface area (Å²) in [5.41, 5.74) is 7.78. The average molecular weight is 570 g/mol. The molecule has 1 aliphatic rings. The molecule has 7 aromatic rings. The smallest absolute Gasteiger partial charge is 0.138 e. The Labute approximate surface area is 255 Å². The lowest BCUT2D eigenvalue weighted by Gasteiger charge is -2.45. The van der Waals surface area contributed by atoms with Gasteiger partial charge in [-0.3, -0.25) is 4.98 Å². The second-order valence-corrected chi connectivity index (χ2v) is 10.6. The molecule has 0 amide bonds. The molecule has 6 nitrogen and oxygen atoms in total. The summed E-state index contributed by atoms with van der Waals surface area (Å²) < 4.78 is 8.22. The monoisotopic (exact) mass is 569 g/mol. The topological polar surface area (TPSA) is 56.1 Å². The first kappa shape index (κ1) is 25.7. The molecule has 6 heteroatoms. The molecule has 3 heterocycles. The molecule has 0 aliphatic carbocycles.